The van der Waals surface area contributed by atoms with Gasteiger partial charge in [0.15, 0.2) is 11.5 Å². The van der Waals surface area contributed by atoms with Gasteiger partial charge in [0.2, 0.25) is 11.8 Å². The Morgan fingerprint density at radius 3 is 2.30 bits per heavy atom. The number of halogens is 1. The van der Waals surface area contributed by atoms with Crippen LogP contribution in [0.2, 0.25) is 5.02 Å². The Hall–Kier alpha value is -2.73. The summed E-state index contributed by atoms with van der Waals surface area (Å²) in [5.74, 6) is 0.190. The molecule has 0 fully saturated rings. The van der Waals surface area contributed by atoms with Crippen LogP contribution in [-0.4, -0.2) is 26.0 Å². The number of hydrogen-bond acceptors (Lipinski definition) is 4. The minimum Gasteiger partial charge on any atom is -0.493 e. The molecule has 2 amide bonds. The van der Waals surface area contributed by atoms with Crippen molar-refractivity contribution >= 4 is 29.1 Å². The number of methoxy groups -OCH3 is 2. The molecule has 0 unspecified atom stereocenters. The molecule has 0 aliphatic heterocycles. The molecule has 0 aromatic heterocycles. The molecule has 2 N–H and O–H groups in total. The molecule has 2 rings (SSSR count). The summed E-state index contributed by atoms with van der Waals surface area (Å²) in [5.41, 5.74) is 0.00210. The standard InChI is InChI=1S/C20H23ClN2O4/c1-20(2,18(24)22-12-13-7-5-6-8-15(13)21)19(25)23-14-9-10-16(26-3)17(11-14)27-4/h5-11H,12H2,1-4H3,(H,22,24)(H,23,25). The van der Waals surface area contributed by atoms with Gasteiger partial charge in [0.25, 0.3) is 0 Å². The molecule has 0 spiro atoms. The van der Waals surface area contributed by atoms with Gasteiger partial charge in [0, 0.05) is 23.3 Å². The van der Waals surface area contributed by atoms with Gasteiger partial charge in [-0.1, -0.05) is 29.8 Å². The van der Waals surface area contributed by atoms with E-state index < -0.39 is 17.2 Å². The van der Waals surface area contributed by atoms with Crippen LogP contribution in [0.1, 0.15) is 19.4 Å². The Morgan fingerprint density at radius 2 is 1.67 bits per heavy atom. The quantitative estimate of drug-likeness (QED) is 0.707. The first-order valence-corrected chi connectivity index (χ1v) is 8.72. The van der Waals surface area contributed by atoms with Gasteiger partial charge >= 0.3 is 0 Å². The van der Waals surface area contributed by atoms with Crippen LogP contribution in [0.25, 0.3) is 0 Å². The molecule has 0 aliphatic carbocycles. The van der Waals surface area contributed by atoms with E-state index in [-0.39, 0.29) is 6.54 Å². The molecule has 0 saturated carbocycles. The molecule has 27 heavy (non-hydrogen) atoms. The van der Waals surface area contributed by atoms with Crippen molar-refractivity contribution in [2.75, 3.05) is 19.5 Å². The fraction of sp³-hybridized carbons (Fsp3) is 0.300. The molecular formula is C20H23ClN2O4. The maximum atomic E-state index is 12.6. The number of amides is 2. The number of ether oxygens (including phenoxy) is 2. The number of rotatable bonds is 7. The number of hydrogen-bond donors (Lipinski definition) is 2. The fourth-order valence-corrected chi connectivity index (χ4v) is 2.55. The summed E-state index contributed by atoms with van der Waals surface area (Å²) >= 11 is 6.09. The first kappa shape index (κ1) is 20.6. The second kappa shape index (κ2) is 8.77. The maximum Gasteiger partial charge on any atom is 0.239 e. The molecule has 0 heterocycles. The molecule has 0 radical (unpaired) electrons. The largest absolute Gasteiger partial charge is 0.493 e. The molecule has 144 valence electrons. The van der Waals surface area contributed by atoms with Crippen molar-refractivity contribution in [3.05, 3.63) is 53.1 Å². The highest BCUT2D eigenvalue weighted by atomic mass is 35.5. The van der Waals surface area contributed by atoms with Crippen LogP contribution < -0.4 is 20.1 Å². The predicted octanol–water partition coefficient (Wildman–Crippen LogP) is 3.64. The van der Waals surface area contributed by atoms with Gasteiger partial charge in [-0.3, -0.25) is 9.59 Å². The molecule has 0 aliphatic rings. The van der Waals surface area contributed by atoms with Crippen molar-refractivity contribution in [3.63, 3.8) is 0 Å². The monoisotopic (exact) mass is 390 g/mol. The van der Waals surface area contributed by atoms with E-state index in [9.17, 15) is 9.59 Å². The van der Waals surface area contributed by atoms with E-state index in [4.69, 9.17) is 21.1 Å². The lowest BCUT2D eigenvalue weighted by Gasteiger charge is -2.23. The molecule has 7 heteroatoms. The molecule has 2 aromatic rings. The summed E-state index contributed by atoms with van der Waals surface area (Å²) < 4.78 is 10.4. The van der Waals surface area contributed by atoms with E-state index in [1.54, 1.807) is 38.1 Å². The first-order chi connectivity index (χ1) is 12.8. The number of nitrogens with one attached hydrogen (secondary N) is 2. The lowest BCUT2D eigenvalue weighted by Crippen LogP contribution is -2.44. The lowest BCUT2D eigenvalue weighted by atomic mass is 9.90. The van der Waals surface area contributed by atoms with Gasteiger partial charge in [0.1, 0.15) is 5.41 Å². The summed E-state index contributed by atoms with van der Waals surface area (Å²) in [7, 11) is 3.04. The maximum absolute atomic E-state index is 12.6. The summed E-state index contributed by atoms with van der Waals surface area (Å²) in [6.45, 7) is 3.36. The van der Waals surface area contributed by atoms with Crippen LogP contribution in [0.5, 0.6) is 11.5 Å². The van der Waals surface area contributed by atoms with Crippen molar-refractivity contribution < 1.29 is 19.1 Å². The van der Waals surface area contributed by atoms with Gasteiger partial charge in [0.05, 0.1) is 14.2 Å². The highest BCUT2D eigenvalue weighted by Gasteiger charge is 2.36. The van der Waals surface area contributed by atoms with Crippen LogP contribution in [0.15, 0.2) is 42.5 Å². The van der Waals surface area contributed by atoms with E-state index in [1.807, 2.05) is 18.2 Å². The Morgan fingerprint density at radius 1 is 1.00 bits per heavy atom. The molecule has 2 aromatic carbocycles. The van der Waals surface area contributed by atoms with E-state index in [0.29, 0.717) is 22.2 Å². The van der Waals surface area contributed by atoms with Crippen molar-refractivity contribution in [1.29, 1.82) is 0 Å². The minimum atomic E-state index is -1.28. The number of carbonyl (C=O) groups excluding carboxylic acids is 2. The van der Waals surface area contributed by atoms with Crippen LogP contribution in [0.4, 0.5) is 5.69 Å². The highest BCUT2D eigenvalue weighted by molar-refractivity contribution is 6.31. The van der Waals surface area contributed by atoms with Gasteiger partial charge in [-0.05, 0) is 37.6 Å². The lowest BCUT2D eigenvalue weighted by molar-refractivity contribution is -0.138. The Bertz CT molecular complexity index is 836. The zero-order valence-corrected chi connectivity index (χ0v) is 16.5. The van der Waals surface area contributed by atoms with Crippen molar-refractivity contribution in [2.24, 2.45) is 5.41 Å². The topological polar surface area (TPSA) is 76.7 Å². The number of benzene rings is 2. The van der Waals surface area contributed by atoms with E-state index in [2.05, 4.69) is 10.6 Å². The predicted molar refractivity (Wildman–Crippen MR) is 105 cm³/mol. The Balaban J connectivity index is 2.05. The number of anilines is 1. The molecule has 0 bridgehead atoms. The van der Waals surface area contributed by atoms with Crippen molar-refractivity contribution in [3.8, 4) is 11.5 Å². The van der Waals surface area contributed by atoms with Gasteiger partial charge < -0.3 is 20.1 Å². The van der Waals surface area contributed by atoms with Crippen LogP contribution in [0.3, 0.4) is 0 Å². The third-order valence-electron chi connectivity index (χ3n) is 4.17. The number of carbonyl (C=O) groups is 2. The van der Waals surface area contributed by atoms with Crippen LogP contribution in [-0.2, 0) is 16.1 Å². The average molecular weight is 391 g/mol. The van der Waals surface area contributed by atoms with Gasteiger partial charge in [-0.15, -0.1) is 0 Å². The fourth-order valence-electron chi connectivity index (χ4n) is 2.34. The zero-order valence-electron chi connectivity index (χ0n) is 15.8. The smallest absolute Gasteiger partial charge is 0.239 e. The second-order valence-electron chi connectivity index (χ2n) is 6.42. The molecule has 6 nitrogen and oxygen atoms in total. The minimum absolute atomic E-state index is 0.242. The van der Waals surface area contributed by atoms with Gasteiger partial charge in [-0.2, -0.15) is 0 Å². The zero-order chi connectivity index (χ0) is 20.0. The van der Waals surface area contributed by atoms with Crippen LogP contribution in [0, 0.1) is 5.41 Å². The first-order valence-electron chi connectivity index (χ1n) is 8.34. The third kappa shape index (κ3) is 4.92. The van der Waals surface area contributed by atoms with E-state index in [0.717, 1.165) is 5.56 Å². The van der Waals surface area contributed by atoms with E-state index in [1.165, 1.54) is 14.2 Å². The summed E-state index contributed by atoms with van der Waals surface area (Å²) in [6, 6.07) is 12.2. The normalized spacial score (nSPS) is 10.9. The average Bonchev–Trinajstić information content (AvgIpc) is 2.66. The van der Waals surface area contributed by atoms with Crippen LogP contribution >= 0.6 is 11.6 Å². The molecule has 0 saturated heterocycles. The molecular weight excluding hydrogens is 368 g/mol. The molecule has 0 atom stereocenters. The van der Waals surface area contributed by atoms with Crippen molar-refractivity contribution in [1.82, 2.24) is 5.32 Å². The van der Waals surface area contributed by atoms with Crippen molar-refractivity contribution in [2.45, 2.75) is 20.4 Å². The second-order valence-corrected chi connectivity index (χ2v) is 6.83. The van der Waals surface area contributed by atoms with E-state index >= 15 is 0 Å². The summed E-state index contributed by atoms with van der Waals surface area (Å²) in [5, 5.41) is 6.06. The Kier molecular flexibility index (Phi) is 6.69. The highest BCUT2D eigenvalue weighted by Crippen LogP contribution is 2.30. The summed E-state index contributed by atoms with van der Waals surface area (Å²) in [6.07, 6.45) is 0. The van der Waals surface area contributed by atoms with Gasteiger partial charge in [-0.25, -0.2) is 0 Å². The third-order valence-corrected chi connectivity index (χ3v) is 4.54. The SMILES string of the molecule is COc1ccc(NC(=O)C(C)(C)C(=O)NCc2ccccc2Cl)cc1OC. The summed E-state index contributed by atoms with van der Waals surface area (Å²) in [4.78, 5) is 25.2. The Labute approximate surface area is 163 Å².